The molecule has 5 rings (SSSR count). The van der Waals surface area contributed by atoms with Crippen molar-refractivity contribution >= 4 is 69.7 Å². The number of carbonyl (C=O) groups excluding carboxylic acids is 3. The van der Waals surface area contributed by atoms with Gasteiger partial charge in [0.1, 0.15) is 29.6 Å². The summed E-state index contributed by atoms with van der Waals surface area (Å²) < 4.78 is 28.3. The molecule has 3 amide bonds. The zero-order valence-electron chi connectivity index (χ0n) is 30.3. The van der Waals surface area contributed by atoms with Gasteiger partial charge in [-0.25, -0.2) is 4.79 Å². The molecule has 0 spiro atoms. The van der Waals surface area contributed by atoms with E-state index in [4.69, 9.17) is 41.0 Å². The van der Waals surface area contributed by atoms with Crippen molar-refractivity contribution in [2.45, 2.75) is 38.6 Å². The number of urea groups is 1. The number of anilines is 2. The average molecular weight is 809 g/mol. The van der Waals surface area contributed by atoms with Crippen LogP contribution >= 0.6 is 11.6 Å². The minimum Gasteiger partial charge on any atom is -0.496 e. The normalized spacial score (nSPS) is 18.8. The first-order chi connectivity index (χ1) is 27.1. The number of amides is 3. The molecule has 300 valence electrons. The lowest BCUT2D eigenvalue weighted by molar-refractivity contribution is -0.237. The summed E-state index contributed by atoms with van der Waals surface area (Å²) in [6.45, 7) is 0.716. The molecule has 4 aromatic rings. The molecule has 0 bridgehead atoms. The Morgan fingerprint density at radius 1 is 0.825 bits per heavy atom. The number of nitrogens with zero attached hydrogens (tertiary/aromatic N) is 1. The third kappa shape index (κ3) is 10.8. The lowest BCUT2D eigenvalue weighted by Crippen LogP contribution is -2.53. The van der Waals surface area contributed by atoms with Crippen LogP contribution in [-0.4, -0.2) is 82.2 Å². The number of rotatable bonds is 16. The highest BCUT2D eigenvalue weighted by Crippen LogP contribution is 2.43. The number of primary amides is 1. The molecule has 1 aliphatic rings. The lowest BCUT2D eigenvalue weighted by atomic mass is 9.71. The van der Waals surface area contributed by atoms with Gasteiger partial charge in [-0.1, -0.05) is 11.6 Å². The van der Waals surface area contributed by atoms with Crippen molar-refractivity contribution in [3.63, 3.8) is 0 Å². The fraction of sp³-hybridized carbons (Fsp3) is 0.289. The van der Waals surface area contributed by atoms with Gasteiger partial charge in [-0.2, -0.15) is 0 Å². The number of aliphatic carboxylic acids is 3. The largest absolute Gasteiger partial charge is 0.496 e. The van der Waals surface area contributed by atoms with E-state index in [0.29, 0.717) is 28.1 Å². The molecular formula is C38H37ClN4O14. The van der Waals surface area contributed by atoms with E-state index < -0.39 is 91.8 Å². The van der Waals surface area contributed by atoms with Crippen LogP contribution in [0.5, 0.6) is 23.0 Å². The predicted molar refractivity (Wildman–Crippen MR) is 201 cm³/mol. The maximum Gasteiger partial charge on any atom is 0.323 e. The smallest absolute Gasteiger partial charge is 0.323 e. The van der Waals surface area contributed by atoms with Crippen LogP contribution in [0.4, 0.5) is 16.2 Å². The Morgan fingerprint density at radius 3 is 2.09 bits per heavy atom. The Labute approximate surface area is 328 Å². The number of carboxylic acid groups (broad SMARTS) is 3. The topological polar surface area (TPSA) is 272 Å². The highest BCUT2D eigenvalue weighted by Gasteiger charge is 2.49. The van der Waals surface area contributed by atoms with E-state index in [1.54, 1.807) is 18.2 Å². The Bertz CT molecular complexity index is 2180. The first kappa shape index (κ1) is 41.5. The van der Waals surface area contributed by atoms with Gasteiger partial charge in [-0.15, -0.1) is 0 Å². The monoisotopic (exact) mass is 808 g/mol. The highest BCUT2D eigenvalue weighted by molar-refractivity contribution is 6.34. The number of nitrogens with two attached hydrogens (primary N) is 1. The van der Waals surface area contributed by atoms with Crippen LogP contribution in [-0.2, 0) is 28.7 Å². The average Bonchev–Trinajstić information content (AvgIpc) is 3.14. The van der Waals surface area contributed by atoms with Crippen LogP contribution < -0.4 is 30.6 Å². The van der Waals surface area contributed by atoms with E-state index in [1.165, 1.54) is 55.8 Å². The van der Waals surface area contributed by atoms with Crippen molar-refractivity contribution in [1.82, 2.24) is 4.98 Å². The second-order valence-electron chi connectivity index (χ2n) is 12.8. The quantitative estimate of drug-likeness (QED) is 0.0777. The third-order valence-electron chi connectivity index (χ3n) is 8.99. The van der Waals surface area contributed by atoms with Gasteiger partial charge in [-0.05, 0) is 54.4 Å². The molecule has 1 fully saturated rings. The zero-order chi connectivity index (χ0) is 41.4. The number of hydrogen-bond donors (Lipinski definition) is 6. The molecule has 0 aliphatic carbocycles. The standard InChI is InChI=1S/C38H37ClN4O14/c1-18(44)54-17-32-23(14-34(47)48)22(13-33(45)46)24(15-35(49)50)37(57-32)56-20-5-3-19(4-6-20)42-38(52)43-28-8-7-21(11-27(28)39)55-30-9-10-41-29-16-31(53-2)26(36(40)51)12-25(29)30/h3-12,16,22-24,32,37H,13-15,17H2,1-2H3,(H2,40,51)(H,45,46)(H,47,48)(H,49,50)(H2,42,43,52)/t22-,23-,24+,32-,37+/m0/s1. The summed E-state index contributed by atoms with van der Waals surface area (Å²) in [5.41, 5.74) is 6.68. The zero-order valence-corrected chi connectivity index (χ0v) is 31.1. The predicted octanol–water partition coefficient (Wildman–Crippen LogP) is 5.37. The summed E-state index contributed by atoms with van der Waals surface area (Å²) in [6, 6.07) is 14.4. The van der Waals surface area contributed by atoms with Gasteiger partial charge in [0.25, 0.3) is 5.91 Å². The molecule has 1 saturated heterocycles. The van der Waals surface area contributed by atoms with E-state index >= 15 is 0 Å². The molecule has 0 saturated carbocycles. The fourth-order valence-corrected chi connectivity index (χ4v) is 6.72. The summed E-state index contributed by atoms with van der Waals surface area (Å²) in [4.78, 5) is 76.3. The summed E-state index contributed by atoms with van der Waals surface area (Å²) in [5, 5.41) is 34.8. The van der Waals surface area contributed by atoms with Crippen molar-refractivity contribution in [2.75, 3.05) is 24.4 Å². The Morgan fingerprint density at radius 2 is 1.47 bits per heavy atom. The second kappa shape index (κ2) is 18.3. The van der Waals surface area contributed by atoms with Crippen LogP contribution in [0.15, 0.2) is 66.9 Å². The van der Waals surface area contributed by atoms with Gasteiger partial charge >= 0.3 is 29.9 Å². The molecule has 2 heterocycles. The number of halogens is 1. The second-order valence-corrected chi connectivity index (χ2v) is 13.2. The molecule has 7 N–H and O–H groups in total. The van der Waals surface area contributed by atoms with E-state index in [1.807, 2.05) is 0 Å². The number of methoxy groups -OCH3 is 1. The molecule has 57 heavy (non-hydrogen) atoms. The molecule has 1 aromatic heterocycles. The van der Waals surface area contributed by atoms with Crippen LogP contribution in [0, 0.1) is 17.8 Å². The molecule has 0 unspecified atom stereocenters. The number of carboxylic acids is 3. The van der Waals surface area contributed by atoms with Gasteiger partial charge in [0.2, 0.25) is 6.29 Å². The Balaban J connectivity index is 1.27. The van der Waals surface area contributed by atoms with Crippen LogP contribution in [0.25, 0.3) is 10.9 Å². The minimum atomic E-state index is -1.37. The third-order valence-corrected chi connectivity index (χ3v) is 9.30. The van der Waals surface area contributed by atoms with Gasteiger partial charge < -0.3 is 55.4 Å². The molecule has 1 aliphatic heterocycles. The molecule has 5 atom stereocenters. The molecule has 0 radical (unpaired) electrons. The molecule has 18 nitrogen and oxygen atoms in total. The van der Waals surface area contributed by atoms with Gasteiger partial charge in [0, 0.05) is 54.6 Å². The fourth-order valence-electron chi connectivity index (χ4n) is 6.51. The number of hydrogen-bond acceptors (Lipinski definition) is 12. The van der Waals surface area contributed by atoms with Crippen molar-refractivity contribution < 1.29 is 67.8 Å². The minimum absolute atomic E-state index is 0.131. The molecular weight excluding hydrogens is 772 g/mol. The number of nitrogens with one attached hydrogen (secondary N) is 2. The van der Waals surface area contributed by atoms with Crippen LogP contribution in [0.1, 0.15) is 36.5 Å². The number of pyridine rings is 1. The Hall–Kier alpha value is -6.66. The number of benzene rings is 3. The summed E-state index contributed by atoms with van der Waals surface area (Å²) >= 11 is 6.48. The van der Waals surface area contributed by atoms with E-state index in [9.17, 15) is 44.1 Å². The number of aromatic nitrogens is 1. The maximum absolute atomic E-state index is 12.9. The summed E-state index contributed by atoms with van der Waals surface area (Å²) in [7, 11) is 1.41. The van der Waals surface area contributed by atoms with Gasteiger partial charge in [0.15, 0.2) is 0 Å². The van der Waals surface area contributed by atoms with Crippen LogP contribution in [0.2, 0.25) is 5.02 Å². The molecule has 3 aromatic carbocycles. The highest BCUT2D eigenvalue weighted by atomic mass is 35.5. The number of esters is 1. The van der Waals surface area contributed by atoms with Crippen molar-refractivity contribution in [3.8, 4) is 23.0 Å². The summed E-state index contributed by atoms with van der Waals surface area (Å²) in [6.07, 6.45) is -2.76. The first-order valence-electron chi connectivity index (χ1n) is 17.1. The number of fused-ring (bicyclic) bond motifs is 1. The van der Waals surface area contributed by atoms with Crippen molar-refractivity contribution in [3.05, 3.63) is 77.4 Å². The van der Waals surface area contributed by atoms with Crippen molar-refractivity contribution in [2.24, 2.45) is 23.5 Å². The van der Waals surface area contributed by atoms with Crippen molar-refractivity contribution in [1.29, 1.82) is 0 Å². The van der Waals surface area contributed by atoms with Crippen LogP contribution in [0.3, 0.4) is 0 Å². The van der Waals surface area contributed by atoms with E-state index in [0.717, 1.165) is 6.92 Å². The SMILES string of the molecule is COc1cc2nccc(Oc3ccc(NC(=O)Nc4ccc(O[C@@H]5O[C@@H](COC(C)=O)[C@@H](CC(=O)O)[C@H](CC(=O)O)[C@H]5CC(=O)O)cc4)c(Cl)c3)c2cc1C(N)=O. The maximum atomic E-state index is 12.9. The summed E-state index contributed by atoms with van der Waals surface area (Å²) in [5.74, 6) is -7.35. The first-order valence-corrected chi connectivity index (χ1v) is 17.5. The van der Waals surface area contributed by atoms with Gasteiger partial charge in [0.05, 0.1) is 47.8 Å². The van der Waals surface area contributed by atoms with E-state index in [-0.39, 0.29) is 27.8 Å². The van der Waals surface area contributed by atoms with Gasteiger partial charge in [-0.3, -0.25) is 29.0 Å². The lowest BCUT2D eigenvalue weighted by Gasteiger charge is -2.45. The Kier molecular flexibility index (Phi) is 13.3. The number of carbonyl (C=O) groups is 6. The number of ether oxygens (including phenoxy) is 5. The van der Waals surface area contributed by atoms with E-state index in [2.05, 4.69) is 15.6 Å². The molecule has 19 heteroatoms.